The molecule has 45 heavy (non-hydrogen) atoms. The Morgan fingerprint density at radius 1 is 0.711 bits per heavy atom. The van der Waals surface area contributed by atoms with Gasteiger partial charge in [-0.1, -0.05) is 98.8 Å². The minimum Gasteiger partial charge on any atom is -0.456 e. The van der Waals surface area contributed by atoms with Crippen molar-refractivity contribution in [2.75, 3.05) is 0 Å². The SMILES string of the molecule is CC1(C)c2ccccc2-c2nc(-n3c4ccccc4c4cc5ccccc5cc43)nc(-c3ccc4c5c(oc4c3)C=CCC5)c21. The minimum absolute atomic E-state index is 0.267. The molecule has 0 unspecified atom stereocenters. The van der Waals surface area contributed by atoms with Crippen LogP contribution in [0.25, 0.3) is 78.1 Å². The Morgan fingerprint density at radius 3 is 2.40 bits per heavy atom. The van der Waals surface area contributed by atoms with E-state index in [-0.39, 0.29) is 5.41 Å². The Balaban J connectivity index is 1.31. The van der Waals surface area contributed by atoms with Gasteiger partial charge in [0.25, 0.3) is 0 Å². The van der Waals surface area contributed by atoms with Crippen LogP contribution in [-0.4, -0.2) is 14.5 Å². The third kappa shape index (κ3) is 3.37. The summed E-state index contributed by atoms with van der Waals surface area (Å²) in [6.45, 7) is 4.59. The zero-order valence-corrected chi connectivity index (χ0v) is 25.1. The van der Waals surface area contributed by atoms with E-state index in [1.807, 2.05) is 0 Å². The van der Waals surface area contributed by atoms with E-state index >= 15 is 0 Å². The largest absolute Gasteiger partial charge is 0.456 e. The summed E-state index contributed by atoms with van der Waals surface area (Å²) in [6.07, 6.45) is 6.37. The van der Waals surface area contributed by atoms with Crippen molar-refractivity contribution in [2.24, 2.45) is 0 Å². The van der Waals surface area contributed by atoms with Gasteiger partial charge in [0.1, 0.15) is 11.3 Å². The first kappa shape index (κ1) is 24.9. The number of aromatic nitrogens is 3. The minimum atomic E-state index is -0.267. The van der Waals surface area contributed by atoms with Crippen molar-refractivity contribution < 1.29 is 4.42 Å². The van der Waals surface area contributed by atoms with Crippen LogP contribution < -0.4 is 0 Å². The number of fused-ring (bicyclic) bond motifs is 10. The van der Waals surface area contributed by atoms with Crippen molar-refractivity contribution >= 4 is 49.6 Å². The molecule has 5 aromatic carbocycles. The van der Waals surface area contributed by atoms with E-state index in [2.05, 4.69) is 134 Å². The molecule has 8 aromatic rings. The van der Waals surface area contributed by atoms with Gasteiger partial charge in [0.05, 0.1) is 22.4 Å². The predicted molar refractivity (Wildman–Crippen MR) is 184 cm³/mol. The van der Waals surface area contributed by atoms with E-state index in [4.69, 9.17) is 14.4 Å². The molecule has 0 amide bonds. The molecule has 0 N–H and O–H groups in total. The normalized spacial score (nSPS) is 14.8. The Morgan fingerprint density at radius 2 is 1.49 bits per heavy atom. The highest BCUT2D eigenvalue weighted by molar-refractivity contribution is 6.13. The first-order valence-electron chi connectivity index (χ1n) is 15.7. The average Bonchev–Trinajstić information content (AvgIpc) is 3.68. The van der Waals surface area contributed by atoms with Crippen LogP contribution in [-0.2, 0) is 11.8 Å². The molecule has 2 aliphatic carbocycles. The second kappa shape index (κ2) is 8.80. The van der Waals surface area contributed by atoms with E-state index in [1.54, 1.807) is 0 Å². The van der Waals surface area contributed by atoms with Crippen LogP contribution in [0.4, 0.5) is 0 Å². The zero-order valence-electron chi connectivity index (χ0n) is 25.1. The van der Waals surface area contributed by atoms with Gasteiger partial charge in [-0.05, 0) is 59.5 Å². The lowest BCUT2D eigenvalue weighted by atomic mass is 9.81. The molecule has 4 nitrogen and oxygen atoms in total. The first-order valence-corrected chi connectivity index (χ1v) is 15.7. The lowest BCUT2D eigenvalue weighted by Gasteiger charge is -2.24. The molecular weight excluding hydrogens is 550 g/mol. The summed E-state index contributed by atoms with van der Waals surface area (Å²) in [5, 5.41) is 6.01. The summed E-state index contributed by atoms with van der Waals surface area (Å²) >= 11 is 0. The van der Waals surface area contributed by atoms with E-state index < -0.39 is 0 Å². The van der Waals surface area contributed by atoms with Gasteiger partial charge in [0.15, 0.2) is 0 Å². The summed E-state index contributed by atoms with van der Waals surface area (Å²) in [6, 6.07) is 37.1. The third-order valence-electron chi connectivity index (χ3n) is 10.0. The molecule has 4 heteroatoms. The summed E-state index contributed by atoms with van der Waals surface area (Å²) in [4.78, 5) is 10.9. The summed E-state index contributed by atoms with van der Waals surface area (Å²) in [5.41, 5.74) is 10.8. The molecule has 0 bridgehead atoms. The zero-order chi connectivity index (χ0) is 29.9. The van der Waals surface area contributed by atoms with Gasteiger partial charge >= 0.3 is 0 Å². The Bertz CT molecular complexity index is 2580. The van der Waals surface area contributed by atoms with Crippen LogP contribution in [0.1, 0.15) is 42.7 Å². The maximum Gasteiger partial charge on any atom is 0.235 e. The molecular formula is C41H29N3O. The molecule has 2 aliphatic rings. The standard InChI is InChI=1S/C41H29N3O/c1-41(2)32-16-8-5-15-30(32)39-37(41)38(26-19-20-29-28-14-7-10-18-35(28)45-36(29)23-26)42-40(43-39)44-33-17-9-6-13-27(33)31-21-24-11-3-4-12-25(24)22-34(31)44/h3-6,8-13,15-23H,7,14H2,1-2H3. The maximum atomic E-state index is 6.41. The number of benzene rings is 5. The average molecular weight is 580 g/mol. The summed E-state index contributed by atoms with van der Waals surface area (Å²) in [5.74, 6) is 1.66. The molecule has 0 fully saturated rings. The molecule has 0 saturated carbocycles. The monoisotopic (exact) mass is 579 g/mol. The number of furan rings is 1. The third-order valence-corrected chi connectivity index (χ3v) is 10.0. The highest BCUT2D eigenvalue weighted by Crippen LogP contribution is 2.51. The molecule has 10 rings (SSSR count). The fourth-order valence-electron chi connectivity index (χ4n) is 7.91. The van der Waals surface area contributed by atoms with Crippen molar-refractivity contribution in [1.82, 2.24) is 14.5 Å². The van der Waals surface area contributed by atoms with Crippen molar-refractivity contribution in [3.8, 4) is 28.5 Å². The van der Waals surface area contributed by atoms with Crippen LogP contribution in [0.3, 0.4) is 0 Å². The smallest absolute Gasteiger partial charge is 0.235 e. The van der Waals surface area contributed by atoms with Gasteiger partial charge in [0, 0.05) is 43.8 Å². The number of rotatable bonds is 2. The van der Waals surface area contributed by atoms with Crippen LogP contribution >= 0.6 is 0 Å². The van der Waals surface area contributed by atoms with Gasteiger partial charge in [-0.3, -0.25) is 4.57 Å². The Labute approximate surface area is 260 Å². The fourth-order valence-corrected chi connectivity index (χ4v) is 7.91. The van der Waals surface area contributed by atoms with Crippen molar-refractivity contribution in [2.45, 2.75) is 32.1 Å². The van der Waals surface area contributed by atoms with Crippen LogP contribution in [0.15, 0.2) is 114 Å². The van der Waals surface area contributed by atoms with Gasteiger partial charge in [-0.15, -0.1) is 0 Å². The highest BCUT2D eigenvalue weighted by atomic mass is 16.3. The fraction of sp³-hybridized carbons (Fsp3) is 0.122. The van der Waals surface area contributed by atoms with Gasteiger partial charge in [-0.25, -0.2) is 9.97 Å². The molecule has 3 heterocycles. The second-order valence-corrected chi connectivity index (χ2v) is 12.9. The van der Waals surface area contributed by atoms with Crippen LogP contribution in [0, 0.1) is 0 Å². The van der Waals surface area contributed by atoms with E-state index in [1.165, 1.54) is 43.6 Å². The summed E-state index contributed by atoms with van der Waals surface area (Å²) in [7, 11) is 0. The number of hydrogen-bond acceptors (Lipinski definition) is 3. The molecule has 0 aliphatic heterocycles. The van der Waals surface area contributed by atoms with Gasteiger partial charge in [0.2, 0.25) is 5.95 Å². The van der Waals surface area contributed by atoms with Crippen molar-refractivity contribution in [1.29, 1.82) is 0 Å². The molecule has 0 saturated heterocycles. The molecule has 3 aromatic heterocycles. The van der Waals surface area contributed by atoms with Crippen molar-refractivity contribution in [3.63, 3.8) is 0 Å². The van der Waals surface area contributed by atoms with Gasteiger partial charge in [-0.2, -0.15) is 0 Å². The van der Waals surface area contributed by atoms with E-state index in [0.29, 0.717) is 5.95 Å². The molecule has 0 atom stereocenters. The number of aryl methyl sites for hydroxylation is 1. The van der Waals surface area contributed by atoms with Crippen LogP contribution in [0.2, 0.25) is 0 Å². The number of hydrogen-bond donors (Lipinski definition) is 0. The van der Waals surface area contributed by atoms with E-state index in [9.17, 15) is 0 Å². The molecule has 0 radical (unpaired) electrons. The topological polar surface area (TPSA) is 43.9 Å². The first-order chi connectivity index (χ1) is 22.1. The second-order valence-electron chi connectivity index (χ2n) is 12.9. The van der Waals surface area contributed by atoms with Crippen LogP contribution in [0.5, 0.6) is 0 Å². The quantitative estimate of drug-likeness (QED) is 0.205. The number of allylic oxidation sites excluding steroid dienone is 1. The Kier molecular flexibility index (Phi) is 4.87. The van der Waals surface area contributed by atoms with E-state index in [0.717, 1.165) is 57.7 Å². The molecule has 0 spiro atoms. The summed E-state index contributed by atoms with van der Waals surface area (Å²) < 4.78 is 8.66. The maximum absolute atomic E-state index is 6.41. The Hall–Kier alpha value is -5.48. The van der Waals surface area contributed by atoms with Gasteiger partial charge < -0.3 is 4.42 Å². The lowest BCUT2D eigenvalue weighted by Crippen LogP contribution is -2.18. The highest BCUT2D eigenvalue weighted by Gasteiger charge is 2.40. The predicted octanol–water partition coefficient (Wildman–Crippen LogP) is 10.4. The lowest BCUT2D eigenvalue weighted by molar-refractivity contribution is 0.595. The molecule has 214 valence electrons. The number of para-hydroxylation sites is 1. The van der Waals surface area contributed by atoms with Crippen molar-refractivity contribution in [3.05, 3.63) is 132 Å². The number of nitrogens with zero attached hydrogens (tertiary/aromatic N) is 3.